The molecule has 0 aliphatic rings. The Kier molecular flexibility index (Phi) is 7.87. The zero-order valence-electron chi connectivity index (χ0n) is 18.1. The molecule has 168 valence electrons. The molecule has 1 unspecified atom stereocenters. The minimum absolute atomic E-state index is 0.140. The molecule has 1 amide bonds. The second kappa shape index (κ2) is 10.6. The van der Waals surface area contributed by atoms with Crippen LogP contribution < -0.4 is 5.32 Å². The van der Waals surface area contributed by atoms with Crippen LogP contribution in [0.4, 0.5) is 5.69 Å². The number of hydrogen-bond acceptors (Lipinski definition) is 6. The summed E-state index contributed by atoms with van der Waals surface area (Å²) in [6, 6.07) is 15.8. The van der Waals surface area contributed by atoms with Crippen molar-refractivity contribution in [1.29, 1.82) is 0 Å². The number of hydrogen-bond donors (Lipinski definition) is 1. The largest absolute Gasteiger partial charge is 0.325 e. The summed E-state index contributed by atoms with van der Waals surface area (Å²) in [6.07, 6.45) is 2.22. The standard InChI is InChI=1S/C23H26N4O3S2/c1-4-15-27-21(16-32(29,30)18-12-7-6-8-13-18)25-26-23(27)31-20(5-2)22(28)24-19-14-10-9-11-17(19)3/h4,6-14,20H,1,5,15-16H2,2-3H3,(H,24,28). The lowest BCUT2D eigenvalue weighted by Crippen LogP contribution is -2.25. The molecular weight excluding hydrogens is 444 g/mol. The molecule has 1 aromatic heterocycles. The van der Waals surface area contributed by atoms with E-state index in [9.17, 15) is 13.2 Å². The van der Waals surface area contributed by atoms with E-state index >= 15 is 0 Å². The van der Waals surface area contributed by atoms with Gasteiger partial charge in [0.15, 0.2) is 15.0 Å². The highest BCUT2D eigenvalue weighted by molar-refractivity contribution is 8.00. The Morgan fingerprint density at radius 2 is 1.84 bits per heavy atom. The highest BCUT2D eigenvalue weighted by Crippen LogP contribution is 2.27. The number of sulfone groups is 1. The quantitative estimate of drug-likeness (QED) is 0.352. The molecule has 1 heterocycles. The summed E-state index contributed by atoms with van der Waals surface area (Å²) >= 11 is 1.27. The third kappa shape index (κ3) is 5.66. The zero-order valence-corrected chi connectivity index (χ0v) is 19.7. The Morgan fingerprint density at radius 1 is 1.16 bits per heavy atom. The molecule has 3 aromatic rings. The van der Waals surface area contributed by atoms with Crippen LogP contribution >= 0.6 is 11.8 Å². The van der Waals surface area contributed by atoms with Gasteiger partial charge in [-0.05, 0) is 37.1 Å². The van der Waals surface area contributed by atoms with Gasteiger partial charge in [-0.25, -0.2) is 8.42 Å². The molecule has 2 aromatic carbocycles. The number of nitrogens with one attached hydrogen (secondary N) is 1. The van der Waals surface area contributed by atoms with E-state index in [-0.39, 0.29) is 16.6 Å². The molecular formula is C23H26N4O3S2. The number of rotatable bonds is 10. The van der Waals surface area contributed by atoms with E-state index in [2.05, 4.69) is 22.1 Å². The summed E-state index contributed by atoms with van der Waals surface area (Å²) in [6.45, 7) is 7.95. The summed E-state index contributed by atoms with van der Waals surface area (Å²) in [5, 5.41) is 11.3. The molecule has 0 aliphatic heterocycles. The minimum atomic E-state index is -3.58. The van der Waals surface area contributed by atoms with E-state index in [1.807, 2.05) is 38.1 Å². The third-order valence-electron chi connectivity index (χ3n) is 4.84. The van der Waals surface area contributed by atoms with E-state index in [0.29, 0.717) is 23.9 Å². The van der Waals surface area contributed by atoms with Crippen LogP contribution in [-0.2, 0) is 26.9 Å². The van der Waals surface area contributed by atoms with Crippen LogP contribution in [0.2, 0.25) is 0 Å². The van der Waals surface area contributed by atoms with Crippen LogP contribution in [0.1, 0.15) is 24.7 Å². The lowest BCUT2D eigenvalue weighted by Gasteiger charge is -2.16. The number of para-hydroxylation sites is 1. The Balaban J connectivity index is 1.81. The lowest BCUT2D eigenvalue weighted by atomic mass is 10.2. The van der Waals surface area contributed by atoms with Gasteiger partial charge in [-0.1, -0.05) is 61.2 Å². The van der Waals surface area contributed by atoms with Crippen molar-refractivity contribution in [3.05, 3.63) is 78.6 Å². The Hall–Kier alpha value is -2.91. The maximum absolute atomic E-state index is 12.9. The van der Waals surface area contributed by atoms with Gasteiger partial charge >= 0.3 is 0 Å². The normalized spacial score (nSPS) is 12.3. The fourth-order valence-corrected chi connectivity index (χ4v) is 5.36. The van der Waals surface area contributed by atoms with E-state index < -0.39 is 15.1 Å². The molecule has 3 rings (SSSR count). The average Bonchev–Trinajstić information content (AvgIpc) is 3.14. The smallest absolute Gasteiger partial charge is 0.237 e. The van der Waals surface area contributed by atoms with Gasteiger partial charge in [0.1, 0.15) is 11.6 Å². The molecule has 0 spiro atoms. The summed E-state index contributed by atoms with van der Waals surface area (Å²) in [5.74, 6) is -0.117. The monoisotopic (exact) mass is 470 g/mol. The van der Waals surface area contributed by atoms with E-state index in [1.165, 1.54) is 11.8 Å². The van der Waals surface area contributed by atoms with E-state index in [0.717, 1.165) is 11.3 Å². The first-order valence-electron chi connectivity index (χ1n) is 10.2. The van der Waals surface area contributed by atoms with Crippen LogP contribution in [0, 0.1) is 6.92 Å². The Bertz CT molecular complexity index is 1190. The molecule has 7 nitrogen and oxygen atoms in total. The van der Waals surface area contributed by atoms with Gasteiger partial charge in [0, 0.05) is 12.2 Å². The van der Waals surface area contributed by atoms with Crippen molar-refractivity contribution in [2.75, 3.05) is 5.32 Å². The number of aromatic nitrogens is 3. The van der Waals surface area contributed by atoms with Crippen molar-refractivity contribution >= 4 is 33.2 Å². The number of thioether (sulfide) groups is 1. The van der Waals surface area contributed by atoms with Gasteiger partial charge in [0.05, 0.1) is 10.1 Å². The van der Waals surface area contributed by atoms with Gasteiger partial charge < -0.3 is 9.88 Å². The van der Waals surface area contributed by atoms with Crippen molar-refractivity contribution in [3.8, 4) is 0 Å². The summed E-state index contributed by atoms with van der Waals surface area (Å²) in [4.78, 5) is 13.1. The highest BCUT2D eigenvalue weighted by atomic mass is 32.2. The SMILES string of the molecule is C=CCn1c(CS(=O)(=O)c2ccccc2)nnc1SC(CC)C(=O)Nc1ccccc1C. The van der Waals surface area contributed by atoms with Gasteiger partial charge in [0.25, 0.3) is 0 Å². The lowest BCUT2D eigenvalue weighted by molar-refractivity contribution is -0.115. The topological polar surface area (TPSA) is 93.9 Å². The summed E-state index contributed by atoms with van der Waals surface area (Å²) in [5.41, 5.74) is 1.74. The Morgan fingerprint density at radius 3 is 2.50 bits per heavy atom. The molecule has 0 saturated carbocycles. The number of allylic oxidation sites excluding steroid dienone is 1. The molecule has 1 atom stereocenters. The summed E-state index contributed by atoms with van der Waals surface area (Å²) in [7, 11) is -3.58. The zero-order chi connectivity index (χ0) is 23.1. The molecule has 0 fully saturated rings. The first-order valence-corrected chi connectivity index (χ1v) is 12.7. The fourth-order valence-electron chi connectivity index (χ4n) is 3.08. The number of benzene rings is 2. The predicted octanol–water partition coefficient (Wildman–Crippen LogP) is 4.26. The molecule has 1 N–H and O–H groups in total. The van der Waals surface area contributed by atoms with Crippen molar-refractivity contribution in [2.45, 2.75) is 47.9 Å². The van der Waals surface area contributed by atoms with Crippen LogP contribution in [0.15, 0.2) is 77.3 Å². The second-order valence-corrected chi connectivity index (χ2v) is 10.3. The average molecular weight is 471 g/mol. The molecule has 32 heavy (non-hydrogen) atoms. The third-order valence-corrected chi connectivity index (χ3v) is 7.81. The second-order valence-electron chi connectivity index (χ2n) is 7.19. The molecule has 0 aliphatic carbocycles. The molecule has 0 bridgehead atoms. The number of nitrogens with zero attached hydrogens (tertiary/aromatic N) is 3. The van der Waals surface area contributed by atoms with E-state index in [1.54, 1.807) is 41.0 Å². The van der Waals surface area contributed by atoms with Crippen molar-refractivity contribution in [1.82, 2.24) is 14.8 Å². The number of aryl methyl sites for hydroxylation is 1. The number of carbonyl (C=O) groups is 1. The first kappa shape index (κ1) is 23.7. The van der Waals surface area contributed by atoms with Crippen LogP contribution in [-0.4, -0.2) is 34.3 Å². The van der Waals surface area contributed by atoms with Crippen LogP contribution in [0.3, 0.4) is 0 Å². The number of amides is 1. The van der Waals surface area contributed by atoms with Gasteiger partial charge in [0.2, 0.25) is 5.91 Å². The van der Waals surface area contributed by atoms with Crippen molar-refractivity contribution in [3.63, 3.8) is 0 Å². The predicted molar refractivity (Wildman–Crippen MR) is 127 cm³/mol. The minimum Gasteiger partial charge on any atom is -0.325 e. The van der Waals surface area contributed by atoms with Crippen LogP contribution in [0.25, 0.3) is 0 Å². The molecule has 0 radical (unpaired) electrons. The van der Waals surface area contributed by atoms with Gasteiger partial charge in [-0.3, -0.25) is 4.79 Å². The maximum Gasteiger partial charge on any atom is 0.237 e. The van der Waals surface area contributed by atoms with Crippen LogP contribution in [0.5, 0.6) is 0 Å². The van der Waals surface area contributed by atoms with E-state index in [4.69, 9.17) is 0 Å². The number of carbonyl (C=O) groups excluding carboxylic acids is 1. The Labute approximate surface area is 192 Å². The highest BCUT2D eigenvalue weighted by Gasteiger charge is 2.25. The maximum atomic E-state index is 12.9. The molecule has 0 saturated heterocycles. The van der Waals surface area contributed by atoms with Crippen molar-refractivity contribution in [2.24, 2.45) is 0 Å². The van der Waals surface area contributed by atoms with Gasteiger partial charge in [-0.2, -0.15) is 0 Å². The van der Waals surface area contributed by atoms with Gasteiger partial charge in [-0.15, -0.1) is 16.8 Å². The fraction of sp³-hybridized carbons (Fsp3) is 0.261. The number of anilines is 1. The van der Waals surface area contributed by atoms with Crippen molar-refractivity contribution < 1.29 is 13.2 Å². The molecule has 9 heteroatoms. The first-order chi connectivity index (χ1) is 15.4. The summed E-state index contributed by atoms with van der Waals surface area (Å²) < 4.78 is 27.3.